The van der Waals surface area contributed by atoms with Crippen molar-refractivity contribution >= 4 is 16.9 Å². The number of carboxylic acid groups (broad SMARTS) is 1. The standard InChI is InChI=1S/C24H26FNO4/c1-13(2)26-20-6-4-3-5-17(20)24-16-8-7-14(25)9-18(16)19(12-21(24)26)22(28)10-15(27)11-23(29)30/h3-9,13,15,19,22,27-28H,10-12H2,1-2H3,(H,29,30)/t15-,19+,22+/m1/s1. The van der Waals surface area contributed by atoms with Gasteiger partial charge in [-0.05, 0) is 49.6 Å². The molecule has 0 bridgehead atoms. The Kier molecular flexibility index (Phi) is 5.38. The molecule has 158 valence electrons. The zero-order chi connectivity index (χ0) is 21.6. The lowest BCUT2D eigenvalue weighted by Crippen LogP contribution is -2.30. The average Bonchev–Trinajstić information content (AvgIpc) is 3.00. The number of hydrogen-bond donors (Lipinski definition) is 3. The van der Waals surface area contributed by atoms with Crippen molar-refractivity contribution in [3.05, 3.63) is 59.5 Å². The van der Waals surface area contributed by atoms with Crippen LogP contribution >= 0.6 is 0 Å². The third-order valence-electron chi connectivity index (χ3n) is 6.01. The first-order valence-electron chi connectivity index (χ1n) is 10.3. The molecule has 0 fully saturated rings. The van der Waals surface area contributed by atoms with Crippen LogP contribution in [0, 0.1) is 5.82 Å². The van der Waals surface area contributed by atoms with E-state index in [1.165, 1.54) is 12.1 Å². The number of aliphatic hydroxyl groups is 2. The Hall–Kier alpha value is -2.70. The van der Waals surface area contributed by atoms with Crippen molar-refractivity contribution in [3.8, 4) is 11.1 Å². The highest BCUT2D eigenvalue weighted by molar-refractivity contribution is 6.00. The minimum Gasteiger partial charge on any atom is -0.481 e. The van der Waals surface area contributed by atoms with Crippen molar-refractivity contribution in [3.63, 3.8) is 0 Å². The molecule has 0 saturated carbocycles. The van der Waals surface area contributed by atoms with Gasteiger partial charge in [-0.25, -0.2) is 4.39 Å². The number of aromatic nitrogens is 1. The summed E-state index contributed by atoms with van der Waals surface area (Å²) in [6.07, 6.45) is -2.18. The van der Waals surface area contributed by atoms with Crippen LogP contribution in [-0.4, -0.2) is 38.1 Å². The Morgan fingerprint density at radius 2 is 1.93 bits per heavy atom. The fraction of sp³-hybridized carbons (Fsp3) is 0.375. The molecule has 1 aliphatic rings. The van der Waals surface area contributed by atoms with E-state index in [1.54, 1.807) is 6.07 Å². The van der Waals surface area contributed by atoms with Crippen LogP contribution in [0.25, 0.3) is 22.0 Å². The summed E-state index contributed by atoms with van der Waals surface area (Å²) in [6.45, 7) is 4.21. The summed E-state index contributed by atoms with van der Waals surface area (Å²) in [5.74, 6) is -1.94. The number of rotatable bonds is 6. The second kappa shape index (κ2) is 7.85. The molecule has 0 spiro atoms. The van der Waals surface area contributed by atoms with Gasteiger partial charge in [0.05, 0.1) is 18.6 Å². The van der Waals surface area contributed by atoms with Gasteiger partial charge >= 0.3 is 5.97 Å². The first kappa shape index (κ1) is 20.6. The summed E-state index contributed by atoms with van der Waals surface area (Å²) in [4.78, 5) is 10.9. The van der Waals surface area contributed by atoms with Crippen molar-refractivity contribution in [1.82, 2.24) is 4.57 Å². The van der Waals surface area contributed by atoms with E-state index in [1.807, 2.05) is 12.1 Å². The lowest BCUT2D eigenvalue weighted by molar-refractivity contribution is -0.139. The quantitative estimate of drug-likeness (QED) is 0.566. The lowest BCUT2D eigenvalue weighted by atomic mass is 9.77. The fourth-order valence-electron chi connectivity index (χ4n) is 4.86. The molecule has 0 amide bonds. The molecule has 6 heteroatoms. The van der Waals surface area contributed by atoms with Gasteiger partial charge in [-0.1, -0.05) is 24.3 Å². The summed E-state index contributed by atoms with van der Waals surface area (Å²) >= 11 is 0. The first-order chi connectivity index (χ1) is 14.3. The highest BCUT2D eigenvalue weighted by atomic mass is 19.1. The van der Waals surface area contributed by atoms with Gasteiger partial charge in [-0.2, -0.15) is 0 Å². The van der Waals surface area contributed by atoms with Crippen LogP contribution in [0.1, 0.15) is 49.9 Å². The number of hydrogen-bond acceptors (Lipinski definition) is 3. The molecule has 0 saturated heterocycles. The van der Waals surface area contributed by atoms with E-state index in [0.717, 1.165) is 27.7 Å². The number of halogens is 1. The molecule has 3 atom stereocenters. The summed E-state index contributed by atoms with van der Waals surface area (Å²) in [5.41, 5.74) is 4.80. The molecule has 0 unspecified atom stereocenters. The topological polar surface area (TPSA) is 82.7 Å². The molecule has 3 N–H and O–H groups in total. The molecule has 1 aromatic heterocycles. The van der Waals surface area contributed by atoms with E-state index < -0.39 is 30.5 Å². The van der Waals surface area contributed by atoms with Crippen molar-refractivity contribution in [2.45, 2.75) is 57.3 Å². The van der Waals surface area contributed by atoms with E-state index in [-0.39, 0.29) is 18.3 Å². The number of carbonyl (C=O) groups is 1. The van der Waals surface area contributed by atoms with E-state index in [2.05, 4.69) is 30.5 Å². The lowest BCUT2D eigenvalue weighted by Gasteiger charge is -2.32. The number of aliphatic hydroxyl groups excluding tert-OH is 2. The maximum atomic E-state index is 14.2. The Bertz CT molecular complexity index is 1100. The van der Waals surface area contributed by atoms with E-state index in [4.69, 9.17) is 5.11 Å². The normalized spacial score (nSPS) is 17.6. The van der Waals surface area contributed by atoms with E-state index in [0.29, 0.717) is 12.0 Å². The van der Waals surface area contributed by atoms with Crippen LogP contribution in [-0.2, 0) is 11.2 Å². The second-order valence-corrected chi connectivity index (χ2v) is 8.40. The first-order valence-corrected chi connectivity index (χ1v) is 10.3. The Balaban J connectivity index is 1.85. The van der Waals surface area contributed by atoms with Crippen molar-refractivity contribution in [2.75, 3.05) is 0 Å². The van der Waals surface area contributed by atoms with Gasteiger partial charge in [-0.15, -0.1) is 0 Å². The molecule has 30 heavy (non-hydrogen) atoms. The number of para-hydroxylation sites is 1. The minimum absolute atomic E-state index is 0.0792. The Labute approximate surface area is 174 Å². The maximum Gasteiger partial charge on any atom is 0.305 e. The molecule has 2 aromatic carbocycles. The largest absolute Gasteiger partial charge is 0.481 e. The van der Waals surface area contributed by atoms with Gasteiger partial charge in [0, 0.05) is 40.5 Å². The van der Waals surface area contributed by atoms with Crippen LogP contribution in [0.15, 0.2) is 42.5 Å². The zero-order valence-corrected chi connectivity index (χ0v) is 17.0. The van der Waals surface area contributed by atoms with E-state index in [9.17, 15) is 19.4 Å². The Morgan fingerprint density at radius 1 is 1.20 bits per heavy atom. The third kappa shape index (κ3) is 3.50. The maximum absolute atomic E-state index is 14.2. The van der Waals surface area contributed by atoms with Crippen molar-refractivity contribution in [1.29, 1.82) is 0 Å². The molecule has 4 rings (SSSR count). The van der Waals surface area contributed by atoms with Crippen molar-refractivity contribution < 1.29 is 24.5 Å². The second-order valence-electron chi connectivity index (χ2n) is 8.40. The molecule has 1 heterocycles. The minimum atomic E-state index is -1.16. The average molecular weight is 411 g/mol. The number of fused-ring (bicyclic) bond motifs is 5. The summed E-state index contributed by atoms with van der Waals surface area (Å²) in [5, 5.41) is 31.0. The Morgan fingerprint density at radius 3 is 2.63 bits per heavy atom. The smallest absolute Gasteiger partial charge is 0.305 e. The summed E-state index contributed by atoms with van der Waals surface area (Å²) in [6, 6.07) is 12.9. The zero-order valence-electron chi connectivity index (χ0n) is 17.0. The van der Waals surface area contributed by atoms with Crippen molar-refractivity contribution in [2.24, 2.45) is 0 Å². The van der Waals surface area contributed by atoms with Gasteiger partial charge < -0.3 is 19.9 Å². The molecule has 5 nitrogen and oxygen atoms in total. The van der Waals surface area contributed by atoms with Crippen LogP contribution in [0.2, 0.25) is 0 Å². The highest BCUT2D eigenvalue weighted by Crippen LogP contribution is 2.47. The molecule has 1 aliphatic carbocycles. The molecule has 0 aliphatic heterocycles. The van der Waals surface area contributed by atoms with Crippen LogP contribution in [0.3, 0.4) is 0 Å². The SMILES string of the molecule is CC(C)n1c2c(c3ccccc31)-c1ccc(F)cc1[C@@H]([C@@H](O)C[C@@H](O)CC(=O)O)C2. The van der Waals surface area contributed by atoms with Crippen LogP contribution in [0.4, 0.5) is 4.39 Å². The van der Waals surface area contributed by atoms with Crippen LogP contribution in [0.5, 0.6) is 0 Å². The molecular formula is C24H26FNO4. The van der Waals surface area contributed by atoms with Gasteiger partial charge in [0.15, 0.2) is 0 Å². The number of nitrogens with zero attached hydrogens (tertiary/aromatic N) is 1. The monoisotopic (exact) mass is 411 g/mol. The van der Waals surface area contributed by atoms with Gasteiger partial charge in [0.2, 0.25) is 0 Å². The number of aliphatic carboxylic acids is 1. The molecule has 0 radical (unpaired) electrons. The summed E-state index contributed by atoms with van der Waals surface area (Å²) < 4.78 is 16.4. The number of benzene rings is 2. The van der Waals surface area contributed by atoms with Gasteiger partial charge in [-0.3, -0.25) is 4.79 Å². The number of carboxylic acids is 1. The highest BCUT2D eigenvalue weighted by Gasteiger charge is 2.35. The third-order valence-corrected chi connectivity index (χ3v) is 6.01. The summed E-state index contributed by atoms with van der Waals surface area (Å²) in [7, 11) is 0. The predicted octanol–water partition coefficient (Wildman–Crippen LogP) is 4.25. The van der Waals surface area contributed by atoms with Crippen LogP contribution < -0.4 is 0 Å². The van der Waals surface area contributed by atoms with E-state index >= 15 is 0 Å². The molecular weight excluding hydrogens is 385 g/mol. The predicted molar refractivity (Wildman–Crippen MR) is 113 cm³/mol. The molecule has 3 aromatic rings. The van der Waals surface area contributed by atoms with Gasteiger partial charge in [0.1, 0.15) is 5.82 Å². The van der Waals surface area contributed by atoms with Gasteiger partial charge in [0.25, 0.3) is 0 Å². The fourth-order valence-corrected chi connectivity index (χ4v) is 4.86.